The van der Waals surface area contributed by atoms with Crippen molar-refractivity contribution in [2.45, 2.75) is 0 Å². The molecule has 1 aromatic rings. The molecular weight excluding hydrogens is 238 g/mol. The van der Waals surface area contributed by atoms with E-state index in [9.17, 15) is 9.59 Å². The van der Waals surface area contributed by atoms with E-state index in [4.69, 9.17) is 11.2 Å². The molecule has 1 N–H and O–H groups in total. The van der Waals surface area contributed by atoms with Crippen LogP contribution in [-0.2, 0) is 14.3 Å². The molecule has 0 atom stereocenters. The zero-order valence-corrected chi connectivity index (χ0v) is 9.83. The van der Waals surface area contributed by atoms with Gasteiger partial charge in [0.2, 0.25) is 0 Å². The van der Waals surface area contributed by atoms with Crippen molar-refractivity contribution in [1.82, 2.24) is 5.32 Å². The zero-order valence-electron chi connectivity index (χ0n) is 9.01. The maximum atomic E-state index is 11.2. The van der Waals surface area contributed by atoms with E-state index >= 15 is 0 Å². The molecule has 1 heterocycles. The molecule has 1 amide bonds. The largest absolute Gasteiger partial charge is 0.452 e. The van der Waals surface area contributed by atoms with Gasteiger partial charge in [0.05, 0.1) is 6.54 Å². The molecule has 0 unspecified atom stereocenters. The van der Waals surface area contributed by atoms with Crippen LogP contribution in [0.4, 0.5) is 0 Å². The van der Waals surface area contributed by atoms with Gasteiger partial charge in [0.1, 0.15) is 0 Å². The number of carbonyl (C=O) groups is 2. The maximum Gasteiger partial charge on any atom is 0.331 e. The predicted molar refractivity (Wildman–Crippen MR) is 66.2 cm³/mol. The molecule has 0 radical (unpaired) electrons. The van der Waals surface area contributed by atoms with Crippen molar-refractivity contribution in [2.24, 2.45) is 0 Å². The smallest absolute Gasteiger partial charge is 0.331 e. The minimum absolute atomic E-state index is 0.126. The van der Waals surface area contributed by atoms with Crippen LogP contribution in [0.15, 0.2) is 23.6 Å². The van der Waals surface area contributed by atoms with Gasteiger partial charge in [-0.2, -0.15) is 0 Å². The average molecular weight is 249 g/mol. The average Bonchev–Trinajstić information content (AvgIpc) is 2.84. The molecule has 0 aliphatic rings. The molecule has 1 aromatic heterocycles. The molecule has 0 saturated carbocycles. The zero-order chi connectivity index (χ0) is 12.5. The minimum atomic E-state index is -0.561. The van der Waals surface area contributed by atoms with Gasteiger partial charge in [-0.05, 0) is 17.5 Å². The van der Waals surface area contributed by atoms with Crippen LogP contribution in [0.5, 0.6) is 0 Å². The molecule has 5 heteroatoms. The normalized spacial score (nSPS) is 9.82. The fraction of sp³-hybridized carbons (Fsp3) is 0.167. The fourth-order valence-electron chi connectivity index (χ4n) is 0.922. The van der Waals surface area contributed by atoms with Crippen molar-refractivity contribution < 1.29 is 14.3 Å². The third-order valence-electron chi connectivity index (χ3n) is 1.66. The lowest BCUT2D eigenvalue weighted by Crippen LogP contribution is -2.28. The van der Waals surface area contributed by atoms with Gasteiger partial charge in [0.25, 0.3) is 5.91 Å². The number of terminal acetylenes is 1. The quantitative estimate of drug-likeness (QED) is 0.482. The van der Waals surface area contributed by atoms with E-state index in [2.05, 4.69) is 11.2 Å². The van der Waals surface area contributed by atoms with Crippen LogP contribution in [0, 0.1) is 12.3 Å². The highest BCUT2D eigenvalue weighted by Crippen LogP contribution is 2.09. The second-order valence-electron chi connectivity index (χ2n) is 2.94. The highest BCUT2D eigenvalue weighted by molar-refractivity contribution is 7.10. The molecule has 0 aliphatic carbocycles. The van der Waals surface area contributed by atoms with E-state index < -0.39 is 11.9 Å². The van der Waals surface area contributed by atoms with Gasteiger partial charge in [-0.15, -0.1) is 17.8 Å². The Morgan fingerprint density at radius 3 is 3.06 bits per heavy atom. The first-order valence-corrected chi connectivity index (χ1v) is 5.69. The Morgan fingerprint density at radius 2 is 2.41 bits per heavy atom. The van der Waals surface area contributed by atoms with Crippen molar-refractivity contribution in [3.63, 3.8) is 0 Å². The minimum Gasteiger partial charge on any atom is -0.452 e. The summed E-state index contributed by atoms with van der Waals surface area (Å²) in [6.45, 7) is -0.198. The third-order valence-corrected chi connectivity index (χ3v) is 2.50. The second-order valence-corrected chi connectivity index (χ2v) is 3.92. The molecule has 1 rings (SSSR count). The summed E-state index contributed by atoms with van der Waals surface area (Å²) >= 11 is 1.50. The van der Waals surface area contributed by atoms with Gasteiger partial charge >= 0.3 is 5.97 Å². The molecule has 17 heavy (non-hydrogen) atoms. The van der Waals surface area contributed by atoms with E-state index in [1.54, 1.807) is 6.08 Å². The van der Waals surface area contributed by atoms with Crippen molar-refractivity contribution in [3.05, 3.63) is 28.5 Å². The summed E-state index contributed by atoms with van der Waals surface area (Å²) in [5.74, 6) is 1.27. The number of rotatable bonds is 5. The number of hydrogen-bond acceptors (Lipinski definition) is 4. The first-order chi connectivity index (χ1) is 8.22. The summed E-state index contributed by atoms with van der Waals surface area (Å²) in [6, 6.07) is 3.75. The van der Waals surface area contributed by atoms with Gasteiger partial charge in [0, 0.05) is 11.0 Å². The van der Waals surface area contributed by atoms with E-state index in [-0.39, 0.29) is 13.2 Å². The number of amides is 1. The first-order valence-electron chi connectivity index (χ1n) is 4.81. The Morgan fingerprint density at radius 1 is 1.59 bits per heavy atom. The lowest BCUT2D eigenvalue weighted by molar-refractivity contribution is -0.143. The summed E-state index contributed by atoms with van der Waals surface area (Å²) in [5, 5.41) is 4.28. The Balaban J connectivity index is 2.26. The lowest BCUT2D eigenvalue weighted by Gasteiger charge is -2.01. The van der Waals surface area contributed by atoms with Crippen molar-refractivity contribution >= 4 is 29.3 Å². The van der Waals surface area contributed by atoms with Gasteiger partial charge < -0.3 is 10.1 Å². The van der Waals surface area contributed by atoms with Crippen LogP contribution in [0.2, 0.25) is 0 Å². The predicted octanol–water partition coefficient (Wildman–Crippen LogP) is 1.05. The van der Waals surface area contributed by atoms with Gasteiger partial charge in [-0.1, -0.05) is 12.0 Å². The SMILES string of the molecule is C#CCNC(=O)COC(=O)/C=C/c1cccs1. The molecule has 0 bridgehead atoms. The van der Waals surface area contributed by atoms with Crippen LogP contribution in [-0.4, -0.2) is 25.0 Å². The summed E-state index contributed by atoms with van der Waals surface area (Å²) in [4.78, 5) is 23.2. The molecular formula is C12H11NO3S. The Bertz CT molecular complexity index is 443. The molecule has 0 spiro atoms. The fourth-order valence-corrected chi connectivity index (χ4v) is 1.54. The number of thiophene rings is 1. The summed E-state index contributed by atoms with van der Waals surface area (Å²) < 4.78 is 4.70. The van der Waals surface area contributed by atoms with Crippen LogP contribution in [0.25, 0.3) is 6.08 Å². The van der Waals surface area contributed by atoms with Crippen LogP contribution in [0.1, 0.15) is 4.88 Å². The Hall–Kier alpha value is -2.06. The molecule has 88 valence electrons. The number of ether oxygens (including phenoxy) is 1. The van der Waals surface area contributed by atoms with Gasteiger partial charge in [0.15, 0.2) is 6.61 Å². The highest BCUT2D eigenvalue weighted by atomic mass is 32.1. The third kappa shape index (κ3) is 5.54. The highest BCUT2D eigenvalue weighted by Gasteiger charge is 2.03. The summed E-state index contributed by atoms with van der Waals surface area (Å²) in [7, 11) is 0. The van der Waals surface area contributed by atoms with Crippen molar-refractivity contribution in [2.75, 3.05) is 13.2 Å². The summed E-state index contributed by atoms with van der Waals surface area (Å²) in [6.07, 6.45) is 7.86. The monoisotopic (exact) mass is 249 g/mol. The number of hydrogen-bond donors (Lipinski definition) is 1. The van der Waals surface area contributed by atoms with Crippen LogP contribution < -0.4 is 5.32 Å². The summed E-state index contributed by atoms with van der Waals surface area (Å²) in [5.41, 5.74) is 0. The van der Waals surface area contributed by atoms with E-state index in [1.165, 1.54) is 17.4 Å². The topological polar surface area (TPSA) is 55.4 Å². The molecule has 0 saturated heterocycles. The maximum absolute atomic E-state index is 11.2. The van der Waals surface area contributed by atoms with E-state index in [0.29, 0.717) is 0 Å². The molecule has 0 aliphatic heterocycles. The van der Waals surface area contributed by atoms with Crippen LogP contribution >= 0.6 is 11.3 Å². The van der Waals surface area contributed by atoms with Gasteiger partial charge in [-0.3, -0.25) is 4.79 Å². The molecule has 0 fully saturated rings. The van der Waals surface area contributed by atoms with E-state index in [1.807, 2.05) is 17.5 Å². The number of carbonyl (C=O) groups excluding carboxylic acids is 2. The van der Waals surface area contributed by atoms with Crippen molar-refractivity contribution in [1.29, 1.82) is 0 Å². The Kier molecular flexibility index (Phi) is 5.55. The second kappa shape index (κ2) is 7.25. The van der Waals surface area contributed by atoms with E-state index in [0.717, 1.165) is 4.88 Å². The first kappa shape index (κ1) is 13.0. The number of nitrogens with one attached hydrogen (secondary N) is 1. The number of esters is 1. The lowest BCUT2D eigenvalue weighted by atomic mass is 10.4. The van der Waals surface area contributed by atoms with Crippen molar-refractivity contribution in [3.8, 4) is 12.3 Å². The standard InChI is InChI=1S/C12H11NO3S/c1-2-7-13-11(14)9-16-12(15)6-5-10-4-3-8-17-10/h1,3-6,8H,7,9H2,(H,13,14)/b6-5+. The molecule has 0 aromatic carbocycles. The Labute approximate surface area is 103 Å². The van der Waals surface area contributed by atoms with Gasteiger partial charge in [-0.25, -0.2) is 4.79 Å². The molecule has 4 nitrogen and oxygen atoms in total. The van der Waals surface area contributed by atoms with Crippen LogP contribution in [0.3, 0.4) is 0 Å².